The summed E-state index contributed by atoms with van der Waals surface area (Å²) in [4.78, 5) is 49.1. The third-order valence-corrected chi connectivity index (χ3v) is 9.49. The van der Waals surface area contributed by atoms with E-state index in [1.807, 2.05) is 18.2 Å². The normalized spacial score (nSPS) is 31.1. The molecule has 6 rings (SSSR count). The zero-order valence-electron chi connectivity index (χ0n) is 22.2. The second kappa shape index (κ2) is 10.7. The summed E-state index contributed by atoms with van der Waals surface area (Å²) >= 11 is 0. The Hall–Kier alpha value is -3.27. The van der Waals surface area contributed by atoms with Crippen LogP contribution in [-0.4, -0.2) is 61.9 Å². The van der Waals surface area contributed by atoms with Crippen LogP contribution in [0.5, 0.6) is 0 Å². The molecule has 1 amide bonds. The molecule has 4 bridgehead atoms. The molecule has 2 aliphatic heterocycles. The van der Waals surface area contributed by atoms with Crippen LogP contribution in [0.1, 0.15) is 82.4 Å². The number of carboxylic acids is 1. The molecule has 1 aromatic heterocycles. The topological polar surface area (TPSA) is 140 Å². The van der Waals surface area contributed by atoms with Crippen LogP contribution in [0.3, 0.4) is 0 Å². The van der Waals surface area contributed by atoms with Crippen molar-refractivity contribution in [3.05, 3.63) is 40.3 Å². The Morgan fingerprint density at radius 2 is 1.62 bits per heavy atom. The Morgan fingerprint density at radius 3 is 2.26 bits per heavy atom. The number of aromatic nitrogens is 2. The van der Waals surface area contributed by atoms with Gasteiger partial charge in [0.2, 0.25) is 5.71 Å². The van der Waals surface area contributed by atoms with Gasteiger partial charge >= 0.3 is 5.97 Å². The molecule has 2 aromatic rings. The molecule has 2 unspecified atom stereocenters. The molecule has 0 spiro atoms. The number of aliphatic carboxylic acids is 1. The quantitative estimate of drug-likeness (QED) is 0.410. The van der Waals surface area contributed by atoms with Gasteiger partial charge in [-0.2, -0.15) is 0 Å². The Labute approximate surface area is 227 Å². The van der Waals surface area contributed by atoms with Crippen molar-refractivity contribution >= 4 is 28.6 Å². The van der Waals surface area contributed by atoms with Crippen LogP contribution in [0.25, 0.3) is 11.0 Å². The lowest BCUT2D eigenvalue weighted by Crippen LogP contribution is -2.52. The minimum Gasteiger partial charge on any atom is -0.476 e. The zero-order valence-corrected chi connectivity index (χ0v) is 22.2. The predicted molar refractivity (Wildman–Crippen MR) is 145 cm³/mol. The largest absolute Gasteiger partial charge is 0.476 e. The maximum atomic E-state index is 13.9. The first kappa shape index (κ1) is 26.0. The van der Waals surface area contributed by atoms with Crippen molar-refractivity contribution in [3.63, 3.8) is 0 Å². The Bertz CT molecular complexity index is 1330. The molecule has 2 saturated carbocycles. The van der Waals surface area contributed by atoms with Crippen LogP contribution in [0.2, 0.25) is 0 Å². The van der Waals surface area contributed by atoms with E-state index in [2.05, 4.69) is 15.0 Å². The molecule has 3 heterocycles. The first-order valence-electron chi connectivity index (χ1n) is 14.4. The molecule has 2 aliphatic carbocycles. The number of carboxylic acid groups (broad SMARTS) is 1. The first-order valence-corrected chi connectivity index (χ1v) is 14.4. The standard InChI is InChI=1S/C29H37N5O5/c30-25(35)16-39-32-27(29(37)38)26-28(36)34(24-8-4-3-7-23(24)31-26)22-14-19-9-10-20(15-22)33(19)21-12-17-5-1-2-6-18(11-17)13-21/h3-4,7-8,17-22H,1-2,5-6,9-16H2,(H2,30,35)(H,37,38)/b32-27-/t17-,18+,19-,20+,21?,22?. The number of primary amides is 1. The van der Waals surface area contributed by atoms with Crippen molar-refractivity contribution in [2.75, 3.05) is 6.61 Å². The highest BCUT2D eigenvalue weighted by Crippen LogP contribution is 2.47. The van der Waals surface area contributed by atoms with E-state index in [1.54, 1.807) is 10.6 Å². The summed E-state index contributed by atoms with van der Waals surface area (Å²) in [5, 5.41) is 13.4. The maximum absolute atomic E-state index is 13.9. The molecule has 6 atom stereocenters. The predicted octanol–water partition coefficient (Wildman–Crippen LogP) is 3.21. The van der Waals surface area contributed by atoms with Gasteiger partial charge in [-0.3, -0.25) is 14.5 Å². The average molecular weight is 536 g/mol. The summed E-state index contributed by atoms with van der Waals surface area (Å²) in [6.07, 6.45) is 13.5. The summed E-state index contributed by atoms with van der Waals surface area (Å²) in [7, 11) is 0. The molecule has 10 heteroatoms. The van der Waals surface area contributed by atoms with Crippen molar-refractivity contribution in [2.24, 2.45) is 22.7 Å². The number of benzene rings is 1. The van der Waals surface area contributed by atoms with E-state index in [0.29, 0.717) is 29.2 Å². The summed E-state index contributed by atoms with van der Waals surface area (Å²) < 4.78 is 1.74. The van der Waals surface area contributed by atoms with Gasteiger partial charge in [0, 0.05) is 24.2 Å². The lowest BCUT2D eigenvalue weighted by molar-refractivity contribution is -0.130. The highest BCUT2D eigenvalue weighted by atomic mass is 16.6. The number of hydrogen-bond acceptors (Lipinski definition) is 7. The highest BCUT2D eigenvalue weighted by molar-refractivity contribution is 6.41. The van der Waals surface area contributed by atoms with Gasteiger partial charge in [-0.25, -0.2) is 9.78 Å². The van der Waals surface area contributed by atoms with E-state index in [0.717, 1.165) is 37.5 Å². The van der Waals surface area contributed by atoms with Crippen molar-refractivity contribution in [1.82, 2.24) is 14.5 Å². The minimum absolute atomic E-state index is 0.0645. The number of para-hydroxylation sites is 2. The monoisotopic (exact) mass is 535 g/mol. The fraction of sp³-hybridized carbons (Fsp3) is 0.621. The van der Waals surface area contributed by atoms with E-state index in [1.165, 1.54) is 44.9 Å². The molecule has 1 aromatic carbocycles. The molecule has 10 nitrogen and oxygen atoms in total. The summed E-state index contributed by atoms with van der Waals surface area (Å²) in [5.41, 5.74) is 4.86. The number of carbonyl (C=O) groups is 2. The van der Waals surface area contributed by atoms with Crippen LogP contribution in [-0.2, 0) is 14.4 Å². The number of amides is 1. The van der Waals surface area contributed by atoms with Gasteiger partial charge in [0.05, 0.1) is 11.0 Å². The SMILES string of the molecule is NC(=O)CO/N=C(\C(=O)O)c1nc2ccccc2n(C2C[C@H]3CC[C@@H](C2)N3C2C[C@H]3CCCC[C@@H](C2)C3)c1=O. The smallest absolute Gasteiger partial charge is 0.360 e. The molecule has 3 N–H and O–H groups in total. The van der Waals surface area contributed by atoms with E-state index in [9.17, 15) is 19.5 Å². The second-order valence-corrected chi connectivity index (χ2v) is 11.9. The van der Waals surface area contributed by atoms with Crippen molar-refractivity contribution < 1.29 is 19.5 Å². The minimum atomic E-state index is -1.46. The van der Waals surface area contributed by atoms with E-state index in [-0.39, 0.29) is 11.7 Å². The molecule has 0 radical (unpaired) electrons. The van der Waals surface area contributed by atoms with E-state index < -0.39 is 29.8 Å². The number of carbonyl (C=O) groups excluding carboxylic acids is 1. The molecule has 4 aliphatic rings. The Kier molecular flexibility index (Phi) is 7.14. The number of fused-ring (bicyclic) bond motifs is 5. The fourth-order valence-electron chi connectivity index (χ4n) is 8.12. The van der Waals surface area contributed by atoms with Gasteiger partial charge in [-0.1, -0.05) is 43.0 Å². The van der Waals surface area contributed by atoms with Gasteiger partial charge in [0.25, 0.3) is 11.5 Å². The lowest BCUT2D eigenvalue weighted by Gasteiger charge is -2.48. The number of rotatable bonds is 7. The van der Waals surface area contributed by atoms with Crippen LogP contribution < -0.4 is 11.3 Å². The van der Waals surface area contributed by atoms with Crippen molar-refractivity contribution in [2.45, 2.75) is 94.8 Å². The van der Waals surface area contributed by atoms with Gasteiger partial charge < -0.3 is 20.2 Å². The van der Waals surface area contributed by atoms with Gasteiger partial charge in [-0.05, 0) is 68.9 Å². The molecule has 2 saturated heterocycles. The van der Waals surface area contributed by atoms with Gasteiger partial charge in [0.1, 0.15) is 0 Å². The lowest BCUT2D eigenvalue weighted by atomic mass is 9.76. The third-order valence-electron chi connectivity index (χ3n) is 9.49. The molecular weight excluding hydrogens is 498 g/mol. The summed E-state index contributed by atoms with van der Waals surface area (Å²) in [5.74, 6) is -0.548. The van der Waals surface area contributed by atoms with E-state index >= 15 is 0 Å². The van der Waals surface area contributed by atoms with Crippen molar-refractivity contribution in [3.8, 4) is 0 Å². The van der Waals surface area contributed by atoms with E-state index in [4.69, 9.17) is 10.6 Å². The van der Waals surface area contributed by atoms with Crippen LogP contribution in [0, 0.1) is 11.8 Å². The summed E-state index contributed by atoms with van der Waals surface area (Å²) in [6, 6.07) is 8.74. The third kappa shape index (κ3) is 5.06. The second-order valence-electron chi connectivity index (χ2n) is 11.9. The summed E-state index contributed by atoms with van der Waals surface area (Å²) in [6.45, 7) is -0.594. The fourth-order valence-corrected chi connectivity index (χ4v) is 8.12. The molecule has 208 valence electrons. The molecule has 39 heavy (non-hydrogen) atoms. The Morgan fingerprint density at radius 1 is 0.949 bits per heavy atom. The number of nitrogens with zero attached hydrogens (tertiary/aromatic N) is 4. The van der Waals surface area contributed by atoms with Gasteiger partial charge in [-0.15, -0.1) is 0 Å². The zero-order chi connectivity index (χ0) is 27.1. The average Bonchev–Trinajstić information content (AvgIpc) is 3.06. The number of hydrogen-bond donors (Lipinski definition) is 2. The molecular formula is C29H37N5O5. The number of piperidine rings is 1. The maximum Gasteiger partial charge on any atom is 0.360 e. The van der Waals surface area contributed by atoms with Crippen molar-refractivity contribution in [1.29, 1.82) is 0 Å². The number of nitrogens with two attached hydrogens (primary N) is 1. The Balaban J connectivity index is 1.33. The van der Waals surface area contributed by atoms with Crippen LogP contribution >= 0.6 is 0 Å². The van der Waals surface area contributed by atoms with Crippen LogP contribution in [0.4, 0.5) is 0 Å². The van der Waals surface area contributed by atoms with Crippen LogP contribution in [0.15, 0.2) is 34.2 Å². The number of oxime groups is 1. The highest BCUT2D eigenvalue weighted by Gasteiger charge is 2.47. The molecule has 4 fully saturated rings. The first-order chi connectivity index (χ1) is 18.9. The van der Waals surface area contributed by atoms with Gasteiger partial charge in [0.15, 0.2) is 12.3 Å².